The Balaban J connectivity index is 2.23. The number of rotatable bonds is 4. The van der Waals surface area contributed by atoms with E-state index < -0.39 is 41.8 Å². The molecule has 10 nitrogen and oxygen atoms in total. The molecule has 1 aromatic rings. The highest BCUT2D eigenvalue weighted by Crippen LogP contribution is 2.30. The maximum Gasteiger partial charge on any atom is 0.353 e. The second kappa shape index (κ2) is 5.48. The van der Waals surface area contributed by atoms with Gasteiger partial charge in [0.2, 0.25) is 11.6 Å². The van der Waals surface area contributed by atoms with E-state index in [9.17, 15) is 19.6 Å². The number of aliphatic hydroxyl groups excluding tert-OH is 2. The number of hydrogen-bond donors (Lipinski definition) is 4. The SMILES string of the molecule is Nc1ncnc(N[C@@H]2O[C@H](CO)[C@@H](O)[C@@H]2F)c1[N+](=O)[O-]. The summed E-state index contributed by atoms with van der Waals surface area (Å²) in [5.74, 6) is -0.721. The van der Waals surface area contributed by atoms with Crippen LogP contribution < -0.4 is 11.1 Å². The number of nitrogens with one attached hydrogen (secondary N) is 1. The van der Waals surface area contributed by atoms with Gasteiger partial charge in [0.05, 0.1) is 11.5 Å². The van der Waals surface area contributed by atoms with Crippen molar-refractivity contribution in [2.45, 2.75) is 24.6 Å². The first-order valence-corrected chi connectivity index (χ1v) is 5.55. The van der Waals surface area contributed by atoms with Gasteiger partial charge in [-0.1, -0.05) is 0 Å². The number of hydrogen-bond acceptors (Lipinski definition) is 9. The number of halogens is 1. The smallest absolute Gasteiger partial charge is 0.353 e. The quantitative estimate of drug-likeness (QED) is 0.394. The molecule has 0 aliphatic carbocycles. The maximum absolute atomic E-state index is 13.7. The van der Waals surface area contributed by atoms with Crippen molar-refractivity contribution < 1.29 is 24.3 Å². The Morgan fingerprint density at radius 3 is 2.85 bits per heavy atom. The molecule has 110 valence electrons. The molecule has 2 rings (SSSR count). The Hall–Kier alpha value is -2.11. The van der Waals surface area contributed by atoms with Crippen molar-refractivity contribution in [3.8, 4) is 0 Å². The van der Waals surface area contributed by atoms with Gasteiger partial charge < -0.3 is 26.0 Å². The molecule has 0 bridgehead atoms. The number of nitrogens with two attached hydrogens (primary N) is 1. The van der Waals surface area contributed by atoms with Crippen molar-refractivity contribution in [1.29, 1.82) is 0 Å². The lowest BCUT2D eigenvalue weighted by molar-refractivity contribution is -0.383. The minimum absolute atomic E-state index is 0.332. The summed E-state index contributed by atoms with van der Waals surface area (Å²) in [6.07, 6.45) is -4.98. The van der Waals surface area contributed by atoms with E-state index in [2.05, 4.69) is 15.3 Å². The number of alkyl halides is 1. The van der Waals surface area contributed by atoms with Crippen LogP contribution in [0.25, 0.3) is 0 Å². The zero-order valence-electron chi connectivity index (χ0n) is 10.0. The molecule has 2 heterocycles. The van der Waals surface area contributed by atoms with Crippen LogP contribution in [0.2, 0.25) is 0 Å². The van der Waals surface area contributed by atoms with Gasteiger partial charge in [0.1, 0.15) is 18.5 Å². The van der Waals surface area contributed by atoms with Crippen molar-refractivity contribution in [3.05, 3.63) is 16.4 Å². The fourth-order valence-corrected chi connectivity index (χ4v) is 1.81. The van der Waals surface area contributed by atoms with Crippen molar-refractivity contribution in [2.75, 3.05) is 17.7 Å². The van der Waals surface area contributed by atoms with Crippen LogP contribution >= 0.6 is 0 Å². The van der Waals surface area contributed by atoms with Crippen LogP contribution in [0.15, 0.2) is 6.33 Å². The van der Waals surface area contributed by atoms with E-state index in [1.165, 1.54) is 0 Å². The van der Waals surface area contributed by atoms with Gasteiger partial charge in [-0.05, 0) is 0 Å². The van der Waals surface area contributed by atoms with Crippen molar-refractivity contribution in [2.24, 2.45) is 0 Å². The standard InChI is InChI=1S/C9H12FN5O5/c10-4-6(17)3(1-16)20-9(4)14-8-5(15(18)19)7(11)12-2-13-8/h2-4,6,9,16-17H,1H2,(H3,11,12,13,14)/t3-,4+,6-,9-/m1/s1. The zero-order chi connectivity index (χ0) is 14.9. The summed E-state index contributed by atoms with van der Waals surface area (Å²) in [4.78, 5) is 17.1. The zero-order valence-corrected chi connectivity index (χ0v) is 10.0. The Labute approximate surface area is 111 Å². The van der Waals surface area contributed by atoms with Crippen LogP contribution in [0.1, 0.15) is 0 Å². The molecule has 1 aromatic heterocycles. The normalized spacial score (nSPS) is 29.4. The molecule has 0 spiro atoms. The second-order valence-corrected chi connectivity index (χ2v) is 4.07. The molecule has 11 heteroatoms. The summed E-state index contributed by atoms with van der Waals surface area (Å²) in [6.45, 7) is -0.590. The molecular weight excluding hydrogens is 277 g/mol. The molecule has 1 saturated heterocycles. The van der Waals surface area contributed by atoms with E-state index in [0.717, 1.165) is 6.33 Å². The fourth-order valence-electron chi connectivity index (χ4n) is 1.81. The molecule has 4 atom stereocenters. The third-order valence-corrected chi connectivity index (χ3v) is 2.81. The van der Waals surface area contributed by atoms with Crippen LogP contribution in [0.4, 0.5) is 21.7 Å². The maximum atomic E-state index is 13.7. The highest BCUT2D eigenvalue weighted by molar-refractivity contribution is 5.67. The van der Waals surface area contributed by atoms with Gasteiger partial charge in [-0.15, -0.1) is 0 Å². The first-order valence-electron chi connectivity index (χ1n) is 5.55. The predicted octanol–water partition coefficient (Wildman–Crippen LogP) is -1.20. The third kappa shape index (κ3) is 2.45. The third-order valence-electron chi connectivity index (χ3n) is 2.81. The van der Waals surface area contributed by atoms with Gasteiger partial charge in [0, 0.05) is 0 Å². The number of nitrogens with zero attached hydrogens (tertiary/aromatic N) is 3. The van der Waals surface area contributed by atoms with E-state index in [1.54, 1.807) is 0 Å². The van der Waals surface area contributed by atoms with Crippen LogP contribution in [0.3, 0.4) is 0 Å². The predicted molar refractivity (Wildman–Crippen MR) is 63.4 cm³/mol. The number of nitro groups is 1. The molecule has 0 aromatic carbocycles. The lowest BCUT2D eigenvalue weighted by atomic mass is 10.1. The largest absolute Gasteiger partial charge is 0.394 e. The van der Waals surface area contributed by atoms with E-state index in [-0.39, 0.29) is 11.6 Å². The van der Waals surface area contributed by atoms with Crippen LogP contribution in [0, 0.1) is 10.1 Å². The fraction of sp³-hybridized carbons (Fsp3) is 0.556. The molecule has 1 aliphatic rings. The highest BCUT2D eigenvalue weighted by Gasteiger charge is 2.44. The lowest BCUT2D eigenvalue weighted by Crippen LogP contribution is -2.33. The van der Waals surface area contributed by atoms with E-state index >= 15 is 0 Å². The summed E-state index contributed by atoms with van der Waals surface area (Å²) in [5, 5.41) is 31.5. The topological polar surface area (TPSA) is 157 Å². The van der Waals surface area contributed by atoms with Crippen LogP contribution in [-0.2, 0) is 4.74 Å². The number of aromatic nitrogens is 2. The minimum Gasteiger partial charge on any atom is -0.394 e. The lowest BCUT2D eigenvalue weighted by Gasteiger charge is -2.15. The summed E-state index contributed by atoms with van der Waals surface area (Å²) in [7, 11) is 0. The van der Waals surface area contributed by atoms with Crippen LogP contribution in [0.5, 0.6) is 0 Å². The number of ether oxygens (including phenoxy) is 1. The molecule has 0 saturated carbocycles. The molecule has 0 amide bonds. The average molecular weight is 289 g/mol. The van der Waals surface area contributed by atoms with Crippen molar-refractivity contribution >= 4 is 17.3 Å². The van der Waals surface area contributed by atoms with Gasteiger partial charge in [0.25, 0.3) is 0 Å². The van der Waals surface area contributed by atoms with E-state index in [0.29, 0.717) is 0 Å². The number of nitrogen functional groups attached to an aromatic ring is 1. The van der Waals surface area contributed by atoms with Crippen LogP contribution in [-0.4, -0.2) is 56.3 Å². The highest BCUT2D eigenvalue weighted by atomic mass is 19.1. The Bertz CT molecular complexity index is 518. The van der Waals surface area contributed by atoms with Gasteiger partial charge >= 0.3 is 5.69 Å². The molecule has 5 N–H and O–H groups in total. The molecule has 0 radical (unpaired) electrons. The molecule has 20 heavy (non-hydrogen) atoms. The summed E-state index contributed by atoms with van der Waals surface area (Å²) < 4.78 is 18.7. The molecule has 1 fully saturated rings. The van der Waals surface area contributed by atoms with E-state index in [4.69, 9.17) is 15.6 Å². The Morgan fingerprint density at radius 2 is 2.30 bits per heavy atom. The minimum atomic E-state index is -1.89. The van der Waals surface area contributed by atoms with Gasteiger partial charge in [0.15, 0.2) is 12.4 Å². The summed E-state index contributed by atoms with van der Waals surface area (Å²) in [6, 6.07) is 0. The van der Waals surface area contributed by atoms with Gasteiger partial charge in [-0.25, -0.2) is 14.4 Å². The summed E-state index contributed by atoms with van der Waals surface area (Å²) >= 11 is 0. The summed E-state index contributed by atoms with van der Waals surface area (Å²) in [5.41, 5.74) is 4.74. The molecule has 0 unspecified atom stereocenters. The Kier molecular flexibility index (Phi) is 3.92. The average Bonchev–Trinajstić information content (AvgIpc) is 2.66. The van der Waals surface area contributed by atoms with Crippen molar-refractivity contribution in [1.82, 2.24) is 9.97 Å². The first-order chi connectivity index (χ1) is 9.45. The number of anilines is 2. The molecular formula is C9H12FN5O5. The monoisotopic (exact) mass is 289 g/mol. The van der Waals surface area contributed by atoms with Gasteiger partial charge in [-0.3, -0.25) is 10.1 Å². The Morgan fingerprint density at radius 1 is 1.60 bits per heavy atom. The van der Waals surface area contributed by atoms with E-state index in [1.807, 2.05) is 0 Å². The number of aliphatic hydroxyl groups is 2. The van der Waals surface area contributed by atoms with Gasteiger partial charge in [-0.2, -0.15) is 0 Å². The van der Waals surface area contributed by atoms with Crippen molar-refractivity contribution in [3.63, 3.8) is 0 Å². The second-order valence-electron chi connectivity index (χ2n) is 4.07. The first kappa shape index (κ1) is 14.3. The molecule has 1 aliphatic heterocycles.